The summed E-state index contributed by atoms with van der Waals surface area (Å²) < 4.78 is 7.37. The van der Waals surface area contributed by atoms with Crippen molar-refractivity contribution in [1.82, 2.24) is 4.57 Å². The highest BCUT2D eigenvalue weighted by atomic mass is 79.9. The van der Waals surface area contributed by atoms with Gasteiger partial charge in [-0.15, -0.1) is 0 Å². The van der Waals surface area contributed by atoms with Crippen LogP contribution in [0.2, 0.25) is 0 Å². The van der Waals surface area contributed by atoms with Crippen LogP contribution in [0.5, 0.6) is 0 Å². The third-order valence-electron chi connectivity index (χ3n) is 2.08. The second-order valence-corrected chi connectivity index (χ2v) is 4.18. The molecule has 0 aliphatic heterocycles. The van der Waals surface area contributed by atoms with E-state index in [9.17, 15) is 4.79 Å². The average Bonchev–Trinajstić information content (AvgIpc) is 2.21. The number of anilines is 1. The highest BCUT2D eigenvalue weighted by Gasteiger charge is 2.01. The number of halogens is 1. The standard InChI is InChI=1S/C10H15BrN2O2/c1-15-5-3-2-4-13-6-8(11)10(14)9(12)7-13/h6-7H,2-5,12H2,1H3. The lowest BCUT2D eigenvalue weighted by Crippen LogP contribution is -2.13. The van der Waals surface area contributed by atoms with Gasteiger partial charge >= 0.3 is 0 Å². The van der Waals surface area contributed by atoms with E-state index in [2.05, 4.69) is 15.9 Å². The maximum atomic E-state index is 11.3. The fourth-order valence-electron chi connectivity index (χ4n) is 1.29. The first-order valence-corrected chi connectivity index (χ1v) is 5.58. The van der Waals surface area contributed by atoms with Gasteiger partial charge in [-0.1, -0.05) is 0 Å². The number of rotatable bonds is 5. The van der Waals surface area contributed by atoms with Crippen molar-refractivity contribution in [2.45, 2.75) is 19.4 Å². The lowest BCUT2D eigenvalue weighted by atomic mass is 10.3. The lowest BCUT2D eigenvalue weighted by molar-refractivity contribution is 0.191. The van der Waals surface area contributed by atoms with Gasteiger partial charge in [0, 0.05) is 32.7 Å². The fraction of sp³-hybridized carbons (Fsp3) is 0.500. The minimum Gasteiger partial charge on any atom is -0.394 e. The largest absolute Gasteiger partial charge is 0.394 e. The maximum absolute atomic E-state index is 11.3. The highest BCUT2D eigenvalue weighted by molar-refractivity contribution is 9.10. The van der Waals surface area contributed by atoms with Crippen LogP contribution in [-0.4, -0.2) is 18.3 Å². The second kappa shape index (κ2) is 5.92. The number of ether oxygens (including phenoxy) is 1. The van der Waals surface area contributed by atoms with Crippen molar-refractivity contribution in [1.29, 1.82) is 0 Å². The van der Waals surface area contributed by atoms with Gasteiger partial charge in [0.15, 0.2) is 0 Å². The van der Waals surface area contributed by atoms with Crippen LogP contribution in [0.25, 0.3) is 0 Å². The Morgan fingerprint density at radius 1 is 1.47 bits per heavy atom. The Kier molecular flexibility index (Phi) is 4.84. The van der Waals surface area contributed by atoms with Gasteiger partial charge in [-0.05, 0) is 28.8 Å². The van der Waals surface area contributed by atoms with Crippen molar-refractivity contribution in [3.63, 3.8) is 0 Å². The van der Waals surface area contributed by atoms with Gasteiger partial charge in [0.2, 0.25) is 5.43 Å². The molecule has 0 atom stereocenters. The summed E-state index contributed by atoms with van der Waals surface area (Å²) in [5, 5.41) is 0. The van der Waals surface area contributed by atoms with Crippen LogP contribution in [0.4, 0.5) is 5.69 Å². The number of aromatic nitrogens is 1. The smallest absolute Gasteiger partial charge is 0.218 e. The van der Waals surface area contributed by atoms with Crippen molar-refractivity contribution < 1.29 is 4.74 Å². The molecular weight excluding hydrogens is 260 g/mol. The molecule has 15 heavy (non-hydrogen) atoms. The molecule has 84 valence electrons. The first-order valence-electron chi connectivity index (χ1n) is 4.79. The number of nitrogen functional groups attached to an aromatic ring is 1. The summed E-state index contributed by atoms with van der Waals surface area (Å²) in [6.45, 7) is 1.60. The molecule has 1 aromatic rings. The number of hydrogen-bond acceptors (Lipinski definition) is 3. The van der Waals surface area contributed by atoms with E-state index < -0.39 is 0 Å². The van der Waals surface area contributed by atoms with Gasteiger partial charge < -0.3 is 15.0 Å². The molecule has 0 saturated carbocycles. The minimum atomic E-state index is -0.150. The van der Waals surface area contributed by atoms with Crippen molar-refractivity contribution in [2.24, 2.45) is 0 Å². The van der Waals surface area contributed by atoms with Crippen LogP contribution in [0, 0.1) is 0 Å². The number of methoxy groups -OCH3 is 1. The van der Waals surface area contributed by atoms with Crippen LogP contribution in [-0.2, 0) is 11.3 Å². The zero-order valence-electron chi connectivity index (χ0n) is 8.70. The van der Waals surface area contributed by atoms with E-state index in [1.807, 2.05) is 4.57 Å². The predicted molar refractivity (Wildman–Crippen MR) is 63.9 cm³/mol. The van der Waals surface area contributed by atoms with E-state index >= 15 is 0 Å². The Balaban J connectivity index is 2.59. The molecule has 0 aliphatic carbocycles. The normalized spacial score (nSPS) is 10.5. The number of hydrogen-bond donors (Lipinski definition) is 1. The molecule has 0 fully saturated rings. The van der Waals surface area contributed by atoms with E-state index in [0.717, 1.165) is 26.0 Å². The Bertz CT molecular complexity index is 350. The van der Waals surface area contributed by atoms with Gasteiger partial charge in [0.05, 0.1) is 10.2 Å². The van der Waals surface area contributed by atoms with E-state index in [1.54, 1.807) is 19.5 Å². The zero-order valence-corrected chi connectivity index (χ0v) is 10.3. The van der Waals surface area contributed by atoms with E-state index in [1.165, 1.54) is 0 Å². The summed E-state index contributed by atoms with van der Waals surface area (Å²) >= 11 is 3.18. The quantitative estimate of drug-likeness (QED) is 0.831. The van der Waals surface area contributed by atoms with Gasteiger partial charge in [0.1, 0.15) is 0 Å². The SMILES string of the molecule is COCCCCn1cc(N)c(=O)c(Br)c1. The molecule has 0 aliphatic rings. The van der Waals surface area contributed by atoms with Crippen molar-refractivity contribution in [2.75, 3.05) is 19.5 Å². The summed E-state index contributed by atoms with van der Waals surface area (Å²) in [6.07, 6.45) is 5.42. The molecule has 5 heteroatoms. The van der Waals surface area contributed by atoms with Crippen LogP contribution < -0.4 is 11.2 Å². The summed E-state index contributed by atoms with van der Waals surface area (Å²) in [5.41, 5.74) is 5.69. The summed E-state index contributed by atoms with van der Waals surface area (Å²) in [5.74, 6) is 0. The van der Waals surface area contributed by atoms with E-state index in [0.29, 0.717) is 4.47 Å². The first-order chi connectivity index (χ1) is 7.15. The third-order valence-corrected chi connectivity index (χ3v) is 2.64. The Hall–Kier alpha value is -0.810. The topological polar surface area (TPSA) is 57.2 Å². The number of aryl methyl sites for hydroxylation is 1. The first kappa shape index (κ1) is 12.3. The third kappa shape index (κ3) is 3.68. The van der Waals surface area contributed by atoms with Gasteiger partial charge in [-0.25, -0.2) is 0 Å². The predicted octanol–water partition coefficient (Wildman–Crippen LogP) is 1.62. The monoisotopic (exact) mass is 274 g/mol. The molecule has 0 unspecified atom stereocenters. The molecule has 4 nitrogen and oxygen atoms in total. The number of nitrogens with two attached hydrogens (primary N) is 1. The maximum Gasteiger partial charge on any atom is 0.218 e. The Labute approximate surface area is 97.2 Å². The number of nitrogens with zero attached hydrogens (tertiary/aromatic N) is 1. The molecule has 1 aromatic heterocycles. The van der Waals surface area contributed by atoms with Crippen LogP contribution >= 0.6 is 15.9 Å². The van der Waals surface area contributed by atoms with Crippen molar-refractivity contribution in [3.8, 4) is 0 Å². The molecule has 0 amide bonds. The minimum absolute atomic E-state index is 0.150. The molecule has 0 radical (unpaired) electrons. The molecular formula is C10H15BrN2O2. The Morgan fingerprint density at radius 2 is 2.20 bits per heavy atom. The summed E-state index contributed by atoms with van der Waals surface area (Å²) in [7, 11) is 1.69. The van der Waals surface area contributed by atoms with Gasteiger partial charge in [-0.3, -0.25) is 4.79 Å². The second-order valence-electron chi connectivity index (χ2n) is 3.33. The van der Waals surface area contributed by atoms with Crippen molar-refractivity contribution in [3.05, 3.63) is 27.1 Å². The molecule has 0 aromatic carbocycles. The van der Waals surface area contributed by atoms with Gasteiger partial charge in [-0.2, -0.15) is 0 Å². The highest BCUT2D eigenvalue weighted by Crippen LogP contribution is 2.07. The van der Waals surface area contributed by atoms with E-state index in [4.69, 9.17) is 10.5 Å². The summed E-state index contributed by atoms with van der Waals surface area (Å²) in [4.78, 5) is 11.3. The van der Waals surface area contributed by atoms with Crippen LogP contribution in [0.15, 0.2) is 21.7 Å². The fourth-order valence-corrected chi connectivity index (χ4v) is 1.78. The van der Waals surface area contributed by atoms with Crippen LogP contribution in [0.3, 0.4) is 0 Å². The van der Waals surface area contributed by atoms with Gasteiger partial charge in [0.25, 0.3) is 0 Å². The van der Waals surface area contributed by atoms with E-state index in [-0.39, 0.29) is 11.1 Å². The molecule has 0 bridgehead atoms. The lowest BCUT2D eigenvalue weighted by Gasteiger charge is -2.07. The van der Waals surface area contributed by atoms with Crippen molar-refractivity contribution >= 4 is 21.6 Å². The zero-order chi connectivity index (χ0) is 11.3. The average molecular weight is 275 g/mol. The molecule has 0 spiro atoms. The molecule has 1 heterocycles. The molecule has 0 saturated heterocycles. The molecule has 2 N–H and O–H groups in total. The Morgan fingerprint density at radius 3 is 2.80 bits per heavy atom. The number of pyridine rings is 1. The summed E-state index contributed by atoms with van der Waals surface area (Å²) in [6, 6.07) is 0. The molecule has 1 rings (SSSR count). The number of unbranched alkanes of at least 4 members (excludes halogenated alkanes) is 1. The van der Waals surface area contributed by atoms with Crippen LogP contribution in [0.1, 0.15) is 12.8 Å².